The maximum absolute atomic E-state index is 12.8. The number of amides is 1. The van der Waals surface area contributed by atoms with E-state index in [1.807, 2.05) is 37.3 Å². The van der Waals surface area contributed by atoms with Gasteiger partial charge >= 0.3 is 0 Å². The van der Waals surface area contributed by atoms with Gasteiger partial charge in [0.25, 0.3) is 5.91 Å². The number of thiocarbonyl (C=S) groups is 1. The number of halogens is 2. The van der Waals surface area contributed by atoms with E-state index in [-0.39, 0.29) is 5.91 Å². The summed E-state index contributed by atoms with van der Waals surface area (Å²) < 4.78 is 6.35. The molecule has 3 aromatic rings. The summed E-state index contributed by atoms with van der Waals surface area (Å²) in [4.78, 5) is 14.9. The largest absolute Gasteiger partial charge is 0.457 e. The Labute approximate surface area is 181 Å². The summed E-state index contributed by atoms with van der Waals surface area (Å²) in [6.45, 7) is 2.00. The minimum atomic E-state index is -0.165. The van der Waals surface area contributed by atoms with Crippen molar-refractivity contribution in [3.8, 4) is 11.3 Å². The maximum atomic E-state index is 12.8. The van der Waals surface area contributed by atoms with Crippen molar-refractivity contribution in [3.63, 3.8) is 0 Å². The number of carbonyl (C=O) groups excluding carboxylic acids is 1. The first-order valence-electron chi connectivity index (χ1n) is 8.32. The van der Waals surface area contributed by atoms with Gasteiger partial charge in [-0.25, -0.2) is 0 Å². The molecule has 0 N–H and O–H groups in total. The quantitative estimate of drug-likeness (QED) is 0.321. The van der Waals surface area contributed by atoms with Crippen LogP contribution in [0.25, 0.3) is 17.4 Å². The van der Waals surface area contributed by atoms with Gasteiger partial charge in [0.1, 0.15) is 11.5 Å². The van der Waals surface area contributed by atoms with E-state index in [2.05, 4.69) is 0 Å². The van der Waals surface area contributed by atoms with Crippen molar-refractivity contribution in [2.75, 3.05) is 4.90 Å². The van der Waals surface area contributed by atoms with Crippen LogP contribution in [0.15, 0.2) is 63.9 Å². The van der Waals surface area contributed by atoms with Crippen LogP contribution in [-0.4, -0.2) is 10.2 Å². The molecule has 2 heterocycles. The van der Waals surface area contributed by atoms with Crippen molar-refractivity contribution in [1.82, 2.24) is 0 Å². The highest BCUT2D eigenvalue weighted by atomic mass is 35.5. The zero-order valence-electron chi connectivity index (χ0n) is 14.6. The second-order valence-electron chi connectivity index (χ2n) is 6.18. The van der Waals surface area contributed by atoms with Crippen LogP contribution < -0.4 is 4.90 Å². The molecule has 0 bridgehead atoms. The van der Waals surface area contributed by atoms with Crippen LogP contribution in [0.5, 0.6) is 0 Å². The molecule has 28 heavy (non-hydrogen) atoms. The molecule has 0 atom stereocenters. The highest BCUT2D eigenvalue weighted by molar-refractivity contribution is 8.27. The fourth-order valence-electron chi connectivity index (χ4n) is 2.78. The zero-order chi connectivity index (χ0) is 19.8. The average Bonchev–Trinajstić information content (AvgIpc) is 3.21. The van der Waals surface area contributed by atoms with Gasteiger partial charge in [-0.2, -0.15) is 0 Å². The van der Waals surface area contributed by atoms with Crippen molar-refractivity contribution in [2.24, 2.45) is 0 Å². The third kappa shape index (κ3) is 3.76. The molecule has 4 rings (SSSR count). The minimum absolute atomic E-state index is 0.165. The standard InChI is InChI=1S/C21H13Cl2NO2S2/c1-12-2-5-14(6-3-12)24-20(25)19(28-21(24)27)11-15-7-9-18(26-15)16-8-4-13(22)10-17(16)23/h2-11H,1H3/b19-11-. The minimum Gasteiger partial charge on any atom is -0.457 e. The zero-order valence-corrected chi connectivity index (χ0v) is 17.8. The van der Waals surface area contributed by atoms with Crippen molar-refractivity contribution in [1.29, 1.82) is 0 Å². The number of hydrogen-bond acceptors (Lipinski definition) is 4. The summed E-state index contributed by atoms with van der Waals surface area (Å²) >= 11 is 18.8. The topological polar surface area (TPSA) is 33.5 Å². The molecular weight excluding hydrogens is 433 g/mol. The lowest BCUT2D eigenvalue weighted by atomic mass is 10.2. The lowest BCUT2D eigenvalue weighted by molar-refractivity contribution is -0.113. The number of nitrogens with zero attached hydrogens (tertiary/aromatic N) is 1. The lowest BCUT2D eigenvalue weighted by Gasteiger charge is -2.14. The number of furan rings is 1. The molecule has 7 heteroatoms. The average molecular weight is 446 g/mol. The van der Waals surface area contributed by atoms with E-state index in [0.717, 1.165) is 16.8 Å². The van der Waals surface area contributed by atoms with E-state index in [1.165, 1.54) is 16.7 Å². The molecule has 2 aromatic carbocycles. The lowest BCUT2D eigenvalue weighted by Crippen LogP contribution is -2.27. The van der Waals surface area contributed by atoms with E-state index in [9.17, 15) is 4.79 Å². The van der Waals surface area contributed by atoms with E-state index < -0.39 is 0 Å². The molecule has 0 radical (unpaired) electrons. The maximum Gasteiger partial charge on any atom is 0.270 e. The summed E-state index contributed by atoms with van der Waals surface area (Å²) in [5.74, 6) is 0.980. The smallest absolute Gasteiger partial charge is 0.270 e. The molecule has 1 aliphatic rings. The number of carbonyl (C=O) groups is 1. The monoisotopic (exact) mass is 445 g/mol. The van der Waals surface area contributed by atoms with Gasteiger partial charge in [0, 0.05) is 16.7 Å². The van der Waals surface area contributed by atoms with Crippen molar-refractivity contribution in [3.05, 3.63) is 80.9 Å². The summed E-state index contributed by atoms with van der Waals surface area (Å²) in [7, 11) is 0. The van der Waals surface area contributed by atoms with Crippen molar-refractivity contribution < 1.29 is 9.21 Å². The summed E-state index contributed by atoms with van der Waals surface area (Å²) in [6, 6.07) is 16.5. The van der Waals surface area contributed by atoms with Crippen molar-refractivity contribution in [2.45, 2.75) is 6.92 Å². The van der Waals surface area contributed by atoms with Crippen LogP contribution in [0.4, 0.5) is 5.69 Å². The molecule has 3 nitrogen and oxygen atoms in total. The molecule has 140 valence electrons. The Morgan fingerprint density at radius 3 is 2.54 bits per heavy atom. The Hall–Kier alpha value is -2.05. The Morgan fingerprint density at radius 1 is 1.07 bits per heavy atom. The molecule has 1 saturated heterocycles. The third-order valence-electron chi connectivity index (χ3n) is 4.18. The van der Waals surface area contributed by atoms with E-state index in [0.29, 0.717) is 30.8 Å². The van der Waals surface area contributed by atoms with E-state index in [4.69, 9.17) is 39.8 Å². The fraction of sp³-hybridized carbons (Fsp3) is 0.0476. The van der Waals surface area contributed by atoms with Crippen molar-refractivity contribution >= 4 is 69.2 Å². The van der Waals surface area contributed by atoms with Gasteiger partial charge in [0.2, 0.25) is 0 Å². The molecule has 1 aliphatic heterocycles. The van der Waals surface area contributed by atoms with Gasteiger partial charge < -0.3 is 4.42 Å². The normalized spacial score (nSPS) is 15.7. The van der Waals surface area contributed by atoms with Crippen LogP contribution in [0.1, 0.15) is 11.3 Å². The summed E-state index contributed by atoms with van der Waals surface area (Å²) in [5, 5.41) is 1.06. The highest BCUT2D eigenvalue weighted by Gasteiger charge is 2.33. The van der Waals surface area contributed by atoms with E-state index >= 15 is 0 Å². The van der Waals surface area contributed by atoms with Gasteiger partial charge in [-0.1, -0.05) is 64.9 Å². The first-order valence-corrected chi connectivity index (χ1v) is 10.3. The second-order valence-corrected chi connectivity index (χ2v) is 8.70. The molecule has 1 aromatic heterocycles. The Bertz CT molecular complexity index is 1120. The van der Waals surface area contributed by atoms with Crippen LogP contribution >= 0.6 is 47.2 Å². The summed E-state index contributed by atoms with van der Waals surface area (Å²) in [5.41, 5.74) is 2.61. The number of aryl methyl sites for hydroxylation is 1. The van der Waals surface area contributed by atoms with Gasteiger partial charge in [-0.3, -0.25) is 9.69 Å². The number of thioether (sulfide) groups is 1. The van der Waals surface area contributed by atoms with Crippen LogP contribution in [0, 0.1) is 6.92 Å². The molecule has 1 amide bonds. The molecular formula is C21H13Cl2NO2S2. The van der Waals surface area contributed by atoms with E-state index in [1.54, 1.807) is 30.3 Å². The number of rotatable bonds is 3. The SMILES string of the molecule is Cc1ccc(N2C(=O)/C(=C/c3ccc(-c4ccc(Cl)cc4Cl)o3)SC2=S)cc1. The van der Waals surface area contributed by atoms with Gasteiger partial charge in [0.05, 0.1) is 15.6 Å². The van der Waals surface area contributed by atoms with Crippen LogP contribution in [0.3, 0.4) is 0 Å². The highest BCUT2D eigenvalue weighted by Crippen LogP contribution is 2.37. The first kappa shape index (κ1) is 19.3. The van der Waals surface area contributed by atoms with Gasteiger partial charge in [0.15, 0.2) is 4.32 Å². The Kier molecular flexibility index (Phi) is 5.34. The summed E-state index contributed by atoms with van der Waals surface area (Å²) in [6.07, 6.45) is 1.70. The second kappa shape index (κ2) is 7.76. The Balaban J connectivity index is 1.61. The van der Waals surface area contributed by atoms with Gasteiger partial charge in [-0.15, -0.1) is 0 Å². The molecule has 1 fully saturated rings. The van der Waals surface area contributed by atoms with Gasteiger partial charge in [-0.05, 0) is 49.4 Å². The predicted molar refractivity (Wildman–Crippen MR) is 121 cm³/mol. The number of anilines is 1. The predicted octanol–water partition coefficient (Wildman–Crippen LogP) is 6.97. The fourth-order valence-corrected chi connectivity index (χ4v) is 4.56. The number of hydrogen-bond donors (Lipinski definition) is 0. The molecule has 0 aliphatic carbocycles. The molecule has 0 unspecified atom stereocenters. The Morgan fingerprint density at radius 2 is 1.82 bits per heavy atom. The first-order chi connectivity index (χ1) is 13.4. The number of benzene rings is 2. The van der Waals surface area contributed by atoms with Crippen LogP contribution in [-0.2, 0) is 4.79 Å². The van der Waals surface area contributed by atoms with Crippen LogP contribution in [0.2, 0.25) is 10.0 Å². The third-order valence-corrected chi connectivity index (χ3v) is 6.03. The molecule has 0 saturated carbocycles. The molecule has 0 spiro atoms.